The minimum absolute atomic E-state index is 0. The molecule has 1 rings (SSSR count). The third-order valence-corrected chi connectivity index (χ3v) is 2.53. The molecule has 16 heavy (non-hydrogen) atoms. The van der Waals surface area contributed by atoms with Crippen molar-refractivity contribution in [3.63, 3.8) is 0 Å². The van der Waals surface area contributed by atoms with Crippen LogP contribution in [0.2, 0.25) is 0 Å². The first-order valence-electron chi connectivity index (χ1n) is 5.98. The van der Waals surface area contributed by atoms with E-state index in [0.29, 0.717) is 0 Å². The number of hydrogen-bond donors (Lipinski definition) is 2. The van der Waals surface area contributed by atoms with Crippen molar-refractivity contribution >= 4 is 17.7 Å². The van der Waals surface area contributed by atoms with E-state index in [1.54, 1.807) is 11.8 Å². The molecule has 1 atom stereocenters. The van der Waals surface area contributed by atoms with Crippen molar-refractivity contribution in [3.05, 3.63) is 11.1 Å². The summed E-state index contributed by atoms with van der Waals surface area (Å²) in [6.07, 6.45) is 0. The number of carbonyl (C=O) groups is 1. The maximum atomic E-state index is 11.2. The van der Waals surface area contributed by atoms with Gasteiger partial charge in [0, 0.05) is 13.0 Å². The van der Waals surface area contributed by atoms with E-state index >= 15 is 0 Å². The molecule has 1 aliphatic heterocycles. The van der Waals surface area contributed by atoms with Gasteiger partial charge < -0.3 is 10.6 Å². The molecule has 0 saturated heterocycles. The van der Waals surface area contributed by atoms with Crippen molar-refractivity contribution in [2.45, 2.75) is 54.0 Å². The van der Waals surface area contributed by atoms with Crippen LogP contribution in [0.15, 0.2) is 11.1 Å². The fraction of sp³-hybridized carbons (Fsp3) is 0.750. The van der Waals surface area contributed by atoms with Crippen LogP contribution < -0.4 is 10.6 Å². The Kier molecular flexibility index (Phi) is 12.0. The summed E-state index contributed by atoms with van der Waals surface area (Å²) in [7, 11) is 0. The fourth-order valence-electron chi connectivity index (χ4n) is 0.811. The maximum absolute atomic E-state index is 11.2. The minimum Gasteiger partial charge on any atom is -0.360 e. The average Bonchev–Trinajstić information content (AvgIpc) is 2.69. The largest absolute Gasteiger partial charge is 0.360 e. The molecule has 4 heteroatoms. The first-order valence-corrected chi connectivity index (χ1v) is 6.93. The zero-order valence-electron chi connectivity index (χ0n) is 11.5. The van der Waals surface area contributed by atoms with Gasteiger partial charge in [-0.3, -0.25) is 4.79 Å². The first-order chi connectivity index (χ1) is 7.59. The number of allylic oxidation sites excluding steroid dienone is 1. The lowest BCUT2D eigenvalue weighted by Crippen LogP contribution is -2.41. The lowest BCUT2D eigenvalue weighted by Gasteiger charge is -2.15. The van der Waals surface area contributed by atoms with Gasteiger partial charge in [0.2, 0.25) is 5.91 Å². The number of rotatable bonds is 2. The van der Waals surface area contributed by atoms with E-state index in [-0.39, 0.29) is 18.7 Å². The number of hydrogen-bond acceptors (Lipinski definition) is 3. The highest BCUT2D eigenvalue weighted by molar-refractivity contribution is 8.02. The predicted octanol–water partition coefficient (Wildman–Crippen LogP) is 3.54. The van der Waals surface area contributed by atoms with Gasteiger partial charge in [0.1, 0.15) is 0 Å². The van der Waals surface area contributed by atoms with Crippen LogP contribution in [-0.4, -0.2) is 11.4 Å². The highest BCUT2D eigenvalue weighted by Crippen LogP contribution is 2.18. The van der Waals surface area contributed by atoms with Crippen LogP contribution in [0, 0.1) is 5.92 Å². The number of amides is 1. The van der Waals surface area contributed by atoms with Gasteiger partial charge in [-0.25, -0.2) is 0 Å². The standard InChI is InChI=1S/C8H14N2OS.2C2H6.H2/c1-5(2)7(11)10-8-9-6(3)4-12-8;2*1-2;/h4-5,8-9H,1-3H3,(H,10,11);2*1-2H3;1H. The van der Waals surface area contributed by atoms with Crippen LogP contribution >= 0.6 is 11.8 Å². The minimum atomic E-state index is 0. The Labute approximate surface area is 106 Å². The SMILES string of the molecule is CC.CC.CC1=CSC(NC(=O)C(C)C)N1.[HH]. The Morgan fingerprint density at radius 1 is 1.44 bits per heavy atom. The average molecular weight is 248 g/mol. The Bertz CT molecular complexity index is 221. The first kappa shape index (κ1) is 17.7. The highest BCUT2D eigenvalue weighted by atomic mass is 32.2. The van der Waals surface area contributed by atoms with Crippen LogP contribution in [0.3, 0.4) is 0 Å². The molecular formula is C12H28N2OS. The molecule has 0 aromatic carbocycles. The van der Waals surface area contributed by atoms with Gasteiger partial charge in [-0.15, -0.1) is 0 Å². The molecule has 98 valence electrons. The molecule has 3 nitrogen and oxygen atoms in total. The second kappa shape index (κ2) is 10.9. The fourth-order valence-corrected chi connectivity index (χ4v) is 1.66. The van der Waals surface area contributed by atoms with Crippen molar-refractivity contribution in [3.8, 4) is 0 Å². The summed E-state index contributed by atoms with van der Waals surface area (Å²) in [5.41, 5.74) is 1.13. The molecule has 0 bridgehead atoms. The van der Waals surface area contributed by atoms with E-state index in [0.717, 1.165) is 5.70 Å². The Hall–Kier alpha value is -0.640. The lowest BCUT2D eigenvalue weighted by atomic mass is 10.2. The van der Waals surface area contributed by atoms with E-state index in [2.05, 4.69) is 10.6 Å². The molecule has 0 aromatic rings. The monoisotopic (exact) mass is 248 g/mol. The molecule has 1 aliphatic rings. The third kappa shape index (κ3) is 7.63. The summed E-state index contributed by atoms with van der Waals surface area (Å²) in [5.74, 6) is 0.136. The van der Waals surface area contributed by atoms with Gasteiger partial charge in [0.05, 0.1) is 0 Å². The molecule has 1 amide bonds. The Morgan fingerprint density at radius 3 is 2.25 bits per heavy atom. The van der Waals surface area contributed by atoms with Crippen LogP contribution in [0.4, 0.5) is 0 Å². The molecule has 1 unspecified atom stereocenters. The molecule has 1 heterocycles. The molecule has 0 spiro atoms. The molecule has 2 N–H and O–H groups in total. The smallest absolute Gasteiger partial charge is 0.224 e. The van der Waals surface area contributed by atoms with Crippen molar-refractivity contribution in [2.24, 2.45) is 5.92 Å². The molecule has 0 radical (unpaired) electrons. The van der Waals surface area contributed by atoms with Crippen molar-refractivity contribution in [1.82, 2.24) is 10.6 Å². The van der Waals surface area contributed by atoms with Gasteiger partial charge in [-0.1, -0.05) is 53.3 Å². The lowest BCUT2D eigenvalue weighted by molar-refractivity contribution is -0.124. The maximum Gasteiger partial charge on any atom is 0.224 e. The topological polar surface area (TPSA) is 41.1 Å². The highest BCUT2D eigenvalue weighted by Gasteiger charge is 2.17. The van der Waals surface area contributed by atoms with Gasteiger partial charge >= 0.3 is 0 Å². The van der Waals surface area contributed by atoms with Gasteiger partial charge in [0.25, 0.3) is 0 Å². The van der Waals surface area contributed by atoms with Crippen molar-refractivity contribution < 1.29 is 6.22 Å². The summed E-state index contributed by atoms with van der Waals surface area (Å²) in [5, 5.41) is 8.01. The van der Waals surface area contributed by atoms with E-state index in [4.69, 9.17) is 0 Å². The Morgan fingerprint density at radius 2 is 1.94 bits per heavy atom. The quantitative estimate of drug-likeness (QED) is 0.785. The van der Waals surface area contributed by atoms with E-state index in [1.807, 2.05) is 53.9 Å². The van der Waals surface area contributed by atoms with Crippen LogP contribution in [0.1, 0.15) is 49.9 Å². The molecule has 0 fully saturated rings. The molecule has 0 saturated carbocycles. The van der Waals surface area contributed by atoms with Gasteiger partial charge in [0.15, 0.2) is 5.50 Å². The van der Waals surface area contributed by atoms with E-state index in [1.165, 1.54) is 0 Å². The van der Waals surface area contributed by atoms with Crippen molar-refractivity contribution in [2.75, 3.05) is 0 Å². The predicted molar refractivity (Wildman–Crippen MR) is 76.1 cm³/mol. The molecule has 0 aromatic heterocycles. The van der Waals surface area contributed by atoms with E-state index in [9.17, 15) is 4.79 Å². The van der Waals surface area contributed by atoms with Crippen LogP contribution in [0.25, 0.3) is 0 Å². The van der Waals surface area contributed by atoms with Gasteiger partial charge in [-0.2, -0.15) is 0 Å². The normalized spacial score (nSPS) is 17.2. The summed E-state index contributed by atoms with van der Waals surface area (Å²) < 4.78 is 0. The summed E-state index contributed by atoms with van der Waals surface area (Å²) in [6, 6.07) is 0. The summed E-state index contributed by atoms with van der Waals surface area (Å²) in [4.78, 5) is 11.2. The van der Waals surface area contributed by atoms with Crippen LogP contribution in [0.5, 0.6) is 0 Å². The van der Waals surface area contributed by atoms with Gasteiger partial charge in [-0.05, 0) is 12.3 Å². The van der Waals surface area contributed by atoms with Crippen LogP contribution in [-0.2, 0) is 4.79 Å². The second-order valence-corrected chi connectivity index (χ2v) is 4.10. The third-order valence-electron chi connectivity index (χ3n) is 1.54. The summed E-state index contributed by atoms with van der Waals surface area (Å²) >= 11 is 1.59. The molecule has 0 aliphatic carbocycles. The van der Waals surface area contributed by atoms with Crippen molar-refractivity contribution in [1.29, 1.82) is 0 Å². The number of nitrogens with one attached hydrogen (secondary N) is 2. The summed E-state index contributed by atoms with van der Waals surface area (Å²) in [6.45, 7) is 13.7. The second-order valence-electron chi connectivity index (χ2n) is 3.12. The number of carbonyl (C=O) groups excluding carboxylic acids is 1. The zero-order valence-corrected chi connectivity index (χ0v) is 12.4. The number of thioether (sulfide) groups is 1. The zero-order chi connectivity index (χ0) is 13.1. The Balaban J connectivity index is -0.000000355. The van der Waals surface area contributed by atoms with E-state index < -0.39 is 0 Å². The molecular weight excluding hydrogens is 220 g/mol.